The minimum absolute atomic E-state index is 0.0400. The molecule has 2 aliphatic rings. The molecular formula is C15H27NO4. The Morgan fingerprint density at radius 3 is 2.70 bits per heavy atom. The van der Waals surface area contributed by atoms with E-state index in [1.807, 2.05) is 25.7 Å². The Balaban J connectivity index is 2.05. The molecule has 0 bridgehead atoms. The molecular weight excluding hydrogens is 258 g/mol. The van der Waals surface area contributed by atoms with Gasteiger partial charge in [0.2, 0.25) is 0 Å². The van der Waals surface area contributed by atoms with Gasteiger partial charge in [0, 0.05) is 19.8 Å². The van der Waals surface area contributed by atoms with Crippen LogP contribution < -0.4 is 0 Å². The van der Waals surface area contributed by atoms with Crippen LogP contribution in [0.5, 0.6) is 0 Å². The van der Waals surface area contributed by atoms with Gasteiger partial charge in [0.15, 0.2) is 0 Å². The molecule has 0 spiro atoms. The Bertz CT molecular complexity index is 333. The predicted octanol–water partition coefficient (Wildman–Crippen LogP) is 2.17. The molecule has 0 aromatic heterocycles. The number of likely N-dealkylation sites (tertiary alicyclic amines) is 1. The third-order valence-corrected chi connectivity index (χ3v) is 4.03. The molecule has 1 amide bonds. The van der Waals surface area contributed by atoms with Gasteiger partial charge < -0.3 is 19.5 Å². The van der Waals surface area contributed by atoms with Crippen LogP contribution in [-0.4, -0.2) is 53.6 Å². The second kappa shape index (κ2) is 6.31. The zero-order valence-electron chi connectivity index (χ0n) is 12.8. The first kappa shape index (κ1) is 15.6. The van der Waals surface area contributed by atoms with Crippen molar-refractivity contribution in [3.63, 3.8) is 0 Å². The van der Waals surface area contributed by atoms with E-state index in [0.29, 0.717) is 6.54 Å². The van der Waals surface area contributed by atoms with E-state index in [1.165, 1.54) is 0 Å². The molecule has 0 radical (unpaired) electrons. The van der Waals surface area contributed by atoms with E-state index in [1.54, 1.807) is 0 Å². The first-order valence-corrected chi connectivity index (χ1v) is 7.63. The lowest BCUT2D eigenvalue weighted by atomic mass is 9.88. The van der Waals surface area contributed by atoms with E-state index in [-0.39, 0.29) is 30.8 Å². The molecule has 5 heteroatoms. The van der Waals surface area contributed by atoms with Gasteiger partial charge in [-0.2, -0.15) is 0 Å². The molecule has 20 heavy (non-hydrogen) atoms. The number of rotatable bonds is 2. The Kier molecular flexibility index (Phi) is 4.91. The fourth-order valence-corrected chi connectivity index (χ4v) is 3.05. The molecule has 2 rings (SSSR count). The molecule has 0 aromatic rings. The quantitative estimate of drug-likeness (QED) is 0.845. The highest BCUT2D eigenvalue weighted by atomic mass is 16.6. The summed E-state index contributed by atoms with van der Waals surface area (Å²) in [5.74, 6) is 0.267. The van der Waals surface area contributed by atoms with Crippen LogP contribution in [0.1, 0.15) is 46.5 Å². The van der Waals surface area contributed by atoms with E-state index in [2.05, 4.69) is 0 Å². The van der Waals surface area contributed by atoms with Gasteiger partial charge in [-0.05, 0) is 52.4 Å². The molecule has 0 aliphatic carbocycles. The summed E-state index contributed by atoms with van der Waals surface area (Å²) in [5, 5.41) is 9.39. The second-order valence-corrected chi connectivity index (χ2v) is 6.87. The number of hydrogen-bond donors (Lipinski definition) is 1. The first-order valence-electron chi connectivity index (χ1n) is 7.63. The number of ether oxygens (including phenoxy) is 2. The Morgan fingerprint density at radius 1 is 1.40 bits per heavy atom. The van der Waals surface area contributed by atoms with Gasteiger partial charge in [-0.15, -0.1) is 0 Å². The van der Waals surface area contributed by atoms with E-state index in [9.17, 15) is 9.90 Å². The van der Waals surface area contributed by atoms with E-state index in [4.69, 9.17) is 9.47 Å². The zero-order chi connectivity index (χ0) is 14.8. The summed E-state index contributed by atoms with van der Waals surface area (Å²) in [6, 6.07) is 0.0400. The maximum atomic E-state index is 12.4. The molecule has 1 N–H and O–H groups in total. The van der Waals surface area contributed by atoms with Crippen molar-refractivity contribution in [2.24, 2.45) is 5.92 Å². The monoisotopic (exact) mass is 285 g/mol. The number of amides is 1. The molecule has 3 unspecified atom stereocenters. The van der Waals surface area contributed by atoms with Crippen LogP contribution in [0.4, 0.5) is 4.79 Å². The maximum Gasteiger partial charge on any atom is 0.410 e. The van der Waals surface area contributed by atoms with Crippen molar-refractivity contribution < 1.29 is 19.4 Å². The summed E-state index contributed by atoms with van der Waals surface area (Å²) in [6.45, 7) is 7.24. The number of aliphatic hydroxyl groups is 1. The Morgan fingerprint density at radius 2 is 2.15 bits per heavy atom. The van der Waals surface area contributed by atoms with E-state index in [0.717, 1.165) is 32.3 Å². The summed E-state index contributed by atoms with van der Waals surface area (Å²) in [7, 11) is 0. The largest absolute Gasteiger partial charge is 0.444 e. The summed E-state index contributed by atoms with van der Waals surface area (Å²) < 4.78 is 11.3. The minimum atomic E-state index is -0.480. The lowest BCUT2D eigenvalue weighted by molar-refractivity contribution is -0.0357. The highest BCUT2D eigenvalue weighted by molar-refractivity contribution is 5.68. The van der Waals surface area contributed by atoms with Gasteiger partial charge in [0.25, 0.3) is 0 Å². The van der Waals surface area contributed by atoms with Crippen molar-refractivity contribution in [2.45, 2.75) is 64.2 Å². The normalized spacial score (nSPS) is 31.4. The molecule has 5 nitrogen and oxygen atoms in total. The van der Waals surface area contributed by atoms with Crippen molar-refractivity contribution in [3.05, 3.63) is 0 Å². The summed E-state index contributed by atoms with van der Waals surface area (Å²) in [6.07, 6.45) is 3.51. The van der Waals surface area contributed by atoms with E-state index < -0.39 is 5.60 Å². The predicted molar refractivity (Wildman–Crippen MR) is 75.5 cm³/mol. The zero-order valence-corrected chi connectivity index (χ0v) is 12.8. The third-order valence-electron chi connectivity index (χ3n) is 4.03. The van der Waals surface area contributed by atoms with Crippen LogP contribution in [0, 0.1) is 5.92 Å². The average molecular weight is 285 g/mol. The topological polar surface area (TPSA) is 59.0 Å². The first-order chi connectivity index (χ1) is 9.40. The number of nitrogens with zero attached hydrogens (tertiary/aromatic N) is 1. The SMILES string of the molecule is CC(C)(C)OC(=O)N1CCC(CO)CC1C1CCCO1. The van der Waals surface area contributed by atoms with E-state index >= 15 is 0 Å². The van der Waals surface area contributed by atoms with Crippen molar-refractivity contribution in [3.8, 4) is 0 Å². The standard InChI is InChI=1S/C15H27NO4/c1-15(2,3)20-14(18)16-7-6-11(10-17)9-12(16)13-5-4-8-19-13/h11-13,17H,4-10H2,1-3H3. The molecule has 2 heterocycles. The van der Waals surface area contributed by atoms with Gasteiger partial charge in [-0.3, -0.25) is 0 Å². The Labute approximate surface area is 121 Å². The lowest BCUT2D eigenvalue weighted by Gasteiger charge is -2.41. The number of carbonyl (C=O) groups excluding carboxylic acids is 1. The number of hydrogen-bond acceptors (Lipinski definition) is 4. The maximum absolute atomic E-state index is 12.4. The van der Waals surface area contributed by atoms with Crippen molar-refractivity contribution in [1.29, 1.82) is 0 Å². The fourth-order valence-electron chi connectivity index (χ4n) is 3.05. The lowest BCUT2D eigenvalue weighted by Crippen LogP contribution is -2.53. The highest BCUT2D eigenvalue weighted by Gasteiger charge is 2.39. The van der Waals surface area contributed by atoms with Gasteiger partial charge in [-0.1, -0.05) is 0 Å². The number of aliphatic hydroxyl groups excluding tert-OH is 1. The van der Waals surface area contributed by atoms with Gasteiger partial charge in [0.05, 0.1) is 12.1 Å². The number of piperidine rings is 1. The van der Waals surface area contributed by atoms with Crippen LogP contribution in [0.15, 0.2) is 0 Å². The smallest absolute Gasteiger partial charge is 0.410 e. The Hall–Kier alpha value is -0.810. The van der Waals surface area contributed by atoms with Gasteiger partial charge in [-0.25, -0.2) is 4.79 Å². The average Bonchev–Trinajstić information content (AvgIpc) is 2.89. The van der Waals surface area contributed by atoms with Crippen LogP contribution in [-0.2, 0) is 9.47 Å². The number of carbonyl (C=O) groups is 1. The third kappa shape index (κ3) is 3.85. The molecule has 0 saturated carbocycles. The van der Waals surface area contributed by atoms with Gasteiger partial charge in [0.1, 0.15) is 5.60 Å². The van der Waals surface area contributed by atoms with Crippen LogP contribution >= 0.6 is 0 Å². The molecule has 0 aromatic carbocycles. The molecule has 2 fully saturated rings. The minimum Gasteiger partial charge on any atom is -0.444 e. The molecule has 3 atom stereocenters. The van der Waals surface area contributed by atoms with Crippen molar-refractivity contribution >= 4 is 6.09 Å². The fraction of sp³-hybridized carbons (Fsp3) is 0.933. The second-order valence-electron chi connectivity index (χ2n) is 6.87. The summed E-state index contributed by atoms with van der Waals surface area (Å²) >= 11 is 0. The van der Waals surface area contributed by atoms with Gasteiger partial charge >= 0.3 is 6.09 Å². The highest BCUT2D eigenvalue weighted by Crippen LogP contribution is 2.31. The summed E-state index contributed by atoms with van der Waals surface area (Å²) in [4.78, 5) is 14.2. The van der Waals surface area contributed by atoms with Crippen molar-refractivity contribution in [1.82, 2.24) is 4.90 Å². The molecule has 2 saturated heterocycles. The summed E-state index contributed by atoms with van der Waals surface area (Å²) in [5.41, 5.74) is -0.480. The molecule has 2 aliphatic heterocycles. The van der Waals surface area contributed by atoms with Crippen molar-refractivity contribution in [2.75, 3.05) is 19.8 Å². The van der Waals surface area contributed by atoms with Crippen LogP contribution in [0.2, 0.25) is 0 Å². The van der Waals surface area contributed by atoms with Crippen LogP contribution in [0.25, 0.3) is 0 Å². The van der Waals surface area contributed by atoms with Crippen LogP contribution in [0.3, 0.4) is 0 Å². The molecule has 116 valence electrons.